The fourth-order valence-electron chi connectivity index (χ4n) is 6.88. The zero-order valence-electron chi connectivity index (χ0n) is 13.5. The Morgan fingerprint density at radius 1 is 0.895 bits per heavy atom. The van der Waals surface area contributed by atoms with Crippen LogP contribution in [0.2, 0.25) is 0 Å². The van der Waals surface area contributed by atoms with Crippen LogP contribution in [-0.2, 0) is 0 Å². The van der Waals surface area contributed by atoms with Crippen molar-refractivity contribution in [2.24, 2.45) is 23.2 Å². The first kappa shape index (κ1) is 13.9. The van der Waals surface area contributed by atoms with Gasteiger partial charge in [0.2, 0.25) is 0 Å². The zero-order valence-corrected chi connectivity index (χ0v) is 13.5. The monoisotopic (exact) mass is 263 g/mol. The molecule has 0 aliphatic heterocycles. The Bertz CT molecular complexity index is 313. The molecule has 0 radical (unpaired) electrons. The van der Waals surface area contributed by atoms with Crippen LogP contribution < -0.4 is 0 Å². The second kappa shape index (κ2) is 4.76. The maximum atomic E-state index is 2.67. The van der Waals surface area contributed by atoms with E-state index in [1.54, 1.807) is 19.3 Å². The molecule has 0 saturated heterocycles. The summed E-state index contributed by atoms with van der Waals surface area (Å²) in [4.78, 5) is 2.67. The summed E-state index contributed by atoms with van der Waals surface area (Å²) < 4.78 is 0. The van der Waals surface area contributed by atoms with Crippen LogP contribution in [0.5, 0.6) is 0 Å². The van der Waals surface area contributed by atoms with E-state index in [2.05, 4.69) is 32.8 Å². The number of rotatable bonds is 5. The number of nitrogens with zero attached hydrogens (tertiary/aromatic N) is 1. The molecule has 0 amide bonds. The summed E-state index contributed by atoms with van der Waals surface area (Å²) >= 11 is 0. The molecule has 19 heavy (non-hydrogen) atoms. The molecule has 0 heterocycles. The highest BCUT2D eigenvalue weighted by molar-refractivity contribution is 5.17. The summed E-state index contributed by atoms with van der Waals surface area (Å²) in [5, 5.41) is 0. The largest absolute Gasteiger partial charge is 0.303 e. The summed E-state index contributed by atoms with van der Waals surface area (Å²) in [7, 11) is 4.76. The third-order valence-corrected chi connectivity index (χ3v) is 7.11. The van der Waals surface area contributed by atoms with Crippen LogP contribution >= 0.6 is 0 Å². The zero-order chi connectivity index (χ0) is 13.7. The van der Waals surface area contributed by atoms with Crippen LogP contribution in [0.25, 0.3) is 0 Å². The van der Waals surface area contributed by atoms with Crippen LogP contribution in [0.1, 0.15) is 71.6 Å². The van der Waals surface area contributed by atoms with Crippen molar-refractivity contribution < 1.29 is 0 Å². The third kappa shape index (κ3) is 1.76. The highest BCUT2D eigenvalue weighted by Gasteiger charge is 2.64. The molecule has 4 fully saturated rings. The highest BCUT2D eigenvalue weighted by atomic mass is 15.2. The molecule has 4 saturated carbocycles. The first-order valence-corrected chi connectivity index (χ1v) is 8.75. The van der Waals surface area contributed by atoms with Crippen molar-refractivity contribution in [3.8, 4) is 0 Å². The number of hydrogen-bond acceptors (Lipinski definition) is 1. The minimum Gasteiger partial charge on any atom is -0.303 e. The standard InChI is InChI=1S/C18H33N/c1-5-7-17(8-6-2)16-10-14-9-15(11-16)13-18(17,12-14)19(3)4/h14-16H,5-13H2,1-4H3/t14-,15+,16?,18?. The van der Waals surface area contributed by atoms with E-state index in [9.17, 15) is 0 Å². The van der Waals surface area contributed by atoms with Gasteiger partial charge >= 0.3 is 0 Å². The Balaban J connectivity index is 2.03. The van der Waals surface area contributed by atoms with Gasteiger partial charge in [-0.05, 0) is 82.2 Å². The molecule has 0 aromatic heterocycles. The molecule has 4 aliphatic carbocycles. The molecular formula is C18H33N. The van der Waals surface area contributed by atoms with E-state index in [4.69, 9.17) is 0 Å². The van der Waals surface area contributed by atoms with Gasteiger partial charge in [-0.25, -0.2) is 0 Å². The van der Waals surface area contributed by atoms with Gasteiger partial charge in [0, 0.05) is 5.54 Å². The van der Waals surface area contributed by atoms with E-state index in [1.807, 2.05) is 0 Å². The average Bonchev–Trinajstić information content (AvgIpc) is 2.35. The summed E-state index contributed by atoms with van der Waals surface area (Å²) in [5.74, 6) is 3.16. The Labute approximate surface area is 120 Å². The van der Waals surface area contributed by atoms with Gasteiger partial charge in [0.15, 0.2) is 0 Å². The quantitative estimate of drug-likeness (QED) is 0.694. The van der Waals surface area contributed by atoms with Crippen molar-refractivity contribution in [2.75, 3.05) is 14.1 Å². The SMILES string of the molecule is CCCC1(CCC)C2C[C@@H]3C[C@H](C2)CC1(N(C)C)C3. The van der Waals surface area contributed by atoms with E-state index < -0.39 is 0 Å². The van der Waals surface area contributed by atoms with Crippen molar-refractivity contribution in [2.45, 2.75) is 77.2 Å². The van der Waals surface area contributed by atoms with Crippen LogP contribution in [-0.4, -0.2) is 24.5 Å². The molecule has 1 heteroatoms. The van der Waals surface area contributed by atoms with E-state index in [-0.39, 0.29) is 0 Å². The molecular weight excluding hydrogens is 230 g/mol. The van der Waals surface area contributed by atoms with Crippen molar-refractivity contribution in [3.63, 3.8) is 0 Å². The average molecular weight is 263 g/mol. The summed E-state index contributed by atoms with van der Waals surface area (Å²) in [6.45, 7) is 4.82. The smallest absolute Gasteiger partial charge is 0.0267 e. The second-order valence-electron chi connectivity index (χ2n) is 8.13. The Morgan fingerprint density at radius 2 is 1.42 bits per heavy atom. The first-order chi connectivity index (χ1) is 9.08. The van der Waals surface area contributed by atoms with E-state index in [0.717, 1.165) is 17.8 Å². The molecule has 0 aromatic rings. The summed E-state index contributed by atoms with van der Waals surface area (Å²) in [5.41, 5.74) is 1.20. The Kier molecular flexibility index (Phi) is 3.48. The molecule has 1 nitrogen and oxygen atoms in total. The van der Waals surface area contributed by atoms with Crippen LogP contribution in [0.4, 0.5) is 0 Å². The molecule has 0 N–H and O–H groups in total. The first-order valence-electron chi connectivity index (χ1n) is 8.75. The van der Waals surface area contributed by atoms with E-state index in [0.29, 0.717) is 11.0 Å². The van der Waals surface area contributed by atoms with Gasteiger partial charge < -0.3 is 4.90 Å². The maximum absolute atomic E-state index is 2.67. The lowest BCUT2D eigenvalue weighted by Crippen LogP contribution is -2.69. The van der Waals surface area contributed by atoms with Gasteiger partial charge in [0.05, 0.1) is 0 Å². The predicted molar refractivity (Wildman–Crippen MR) is 82.2 cm³/mol. The van der Waals surface area contributed by atoms with Crippen LogP contribution in [0.3, 0.4) is 0 Å². The fourth-order valence-corrected chi connectivity index (χ4v) is 6.88. The van der Waals surface area contributed by atoms with Gasteiger partial charge in [-0.2, -0.15) is 0 Å². The summed E-state index contributed by atoms with van der Waals surface area (Å²) in [6.07, 6.45) is 13.4. The molecule has 4 bridgehead atoms. The van der Waals surface area contributed by atoms with Gasteiger partial charge in [0.1, 0.15) is 0 Å². The Hall–Kier alpha value is -0.0400. The predicted octanol–water partition coefficient (Wildman–Crippen LogP) is 4.71. The molecule has 0 spiro atoms. The van der Waals surface area contributed by atoms with Gasteiger partial charge in [-0.3, -0.25) is 0 Å². The lowest BCUT2D eigenvalue weighted by molar-refractivity contribution is -0.190. The number of hydrogen-bond donors (Lipinski definition) is 0. The maximum Gasteiger partial charge on any atom is 0.0267 e. The normalized spacial score (nSPS) is 43.1. The van der Waals surface area contributed by atoms with Crippen molar-refractivity contribution in [3.05, 3.63) is 0 Å². The van der Waals surface area contributed by atoms with Gasteiger partial charge in [-0.15, -0.1) is 0 Å². The van der Waals surface area contributed by atoms with Crippen molar-refractivity contribution in [1.29, 1.82) is 0 Å². The molecule has 4 aliphatic rings. The van der Waals surface area contributed by atoms with Gasteiger partial charge in [-0.1, -0.05) is 26.7 Å². The van der Waals surface area contributed by atoms with Crippen molar-refractivity contribution >= 4 is 0 Å². The lowest BCUT2D eigenvalue weighted by Gasteiger charge is -2.70. The topological polar surface area (TPSA) is 3.24 Å². The minimum atomic E-state index is 0.549. The fraction of sp³-hybridized carbons (Fsp3) is 1.00. The van der Waals surface area contributed by atoms with Gasteiger partial charge in [0.25, 0.3) is 0 Å². The third-order valence-electron chi connectivity index (χ3n) is 7.11. The summed E-state index contributed by atoms with van der Waals surface area (Å²) in [6, 6.07) is 0. The molecule has 2 unspecified atom stereocenters. The van der Waals surface area contributed by atoms with E-state index >= 15 is 0 Å². The second-order valence-corrected chi connectivity index (χ2v) is 8.13. The molecule has 4 atom stereocenters. The van der Waals surface area contributed by atoms with E-state index in [1.165, 1.54) is 38.5 Å². The minimum absolute atomic E-state index is 0.549. The molecule has 0 aromatic carbocycles. The van der Waals surface area contributed by atoms with Crippen LogP contribution in [0.15, 0.2) is 0 Å². The van der Waals surface area contributed by atoms with Crippen LogP contribution in [0, 0.1) is 23.2 Å². The Morgan fingerprint density at radius 3 is 1.84 bits per heavy atom. The molecule has 4 rings (SSSR count). The van der Waals surface area contributed by atoms with Crippen molar-refractivity contribution in [1.82, 2.24) is 4.90 Å². The highest BCUT2D eigenvalue weighted by Crippen LogP contribution is 2.68. The lowest BCUT2D eigenvalue weighted by atomic mass is 9.39. The molecule has 110 valence electrons.